The maximum Gasteiger partial charge on any atom is 0.237 e. The number of nitrogens with one attached hydrogen (secondary N) is 2. The van der Waals surface area contributed by atoms with Crippen LogP contribution in [0.4, 0.5) is 0 Å². The zero-order valence-corrected chi connectivity index (χ0v) is 8.96. The van der Waals surface area contributed by atoms with Gasteiger partial charge in [-0.1, -0.05) is 0 Å². The third-order valence-corrected chi connectivity index (χ3v) is 1.73. The van der Waals surface area contributed by atoms with Crippen LogP contribution in [0.2, 0.25) is 0 Å². The average Bonchev–Trinajstić information content (AvgIpc) is 2.66. The van der Waals surface area contributed by atoms with Gasteiger partial charge in [-0.25, -0.2) is 4.98 Å². The van der Waals surface area contributed by atoms with Crippen molar-refractivity contribution >= 4 is 18.3 Å². The minimum atomic E-state index is -0.621. The van der Waals surface area contributed by atoms with Crippen LogP contribution in [-0.2, 0) is 11.2 Å². The Hall–Kier alpha value is -1.11. The van der Waals surface area contributed by atoms with E-state index in [4.69, 9.17) is 10.8 Å². The predicted octanol–water partition coefficient (Wildman–Crippen LogP) is -1.19. The summed E-state index contributed by atoms with van der Waals surface area (Å²) < 4.78 is 0. The SMILES string of the molecule is Cl.N[C@@H](Cc1c[nH]cn1)C(=O)NCCO. The molecule has 0 spiro atoms. The predicted molar refractivity (Wildman–Crippen MR) is 57.6 cm³/mol. The fourth-order valence-corrected chi connectivity index (χ4v) is 1.03. The van der Waals surface area contributed by atoms with Gasteiger partial charge in [-0.05, 0) is 0 Å². The minimum absolute atomic E-state index is 0. The first-order valence-corrected chi connectivity index (χ1v) is 4.36. The number of carbonyl (C=O) groups is 1. The molecule has 0 saturated heterocycles. The molecule has 0 aliphatic heterocycles. The molecular weight excluding hydrogens is 220 g/mol. The van der Waals surface area contributed by atoms with Gasteiger partial charge in [-0.3, -0.25) is 4.79 Å². The number of amides is 1. The molecule has 0 fully saturated rings. The highest BCUT2D eigenvalue weighted by Gasteiger charge is 2.13. The van der Waals surface area contributed by atoms with Crippen molar-refractivity contribution in [1.29, 1.82) is 0 Å². The minimum Gasteiger partial charge on any atom is -0.395 e. The summed E-state index contributed by atoms with van der Waals surface area (Å²) in [5.74, 6) is -0.276. The molecule has 0 aromatic carbocycles. The van der Waals surface area contributed by atoms with Crippen LogP contribution in [0.25, 0.3) is 0 Å². The van der Waals surface area contributed by atoms with E-state index in [9.17, 15) is 4.79 Å². The molecule has 1 rings (SSSR count). The summed E-state index contributed by atoms with van der Waals surface area (Å²) in [4.78, 5) is 18.0. The molecule has 0 saturated carbocycles. The summed E-state index contributed by atoms with van der Waals surface area (Å²) in [6.45, 7) is 0.147. The van der Waals surface area contributed by atoms with Crippen LogP contribution in [0.3, 0.4) is 0 Å². The topological polar surface area (TPSA) is 104 Å². The van der Waals surface area contributed by atoms with Crippen LogP contribution < -0.4 is 11.1 Å². The van der Waals surface area contributed by atoms with Gasteiger partial charge in [-0.2, -0.15) is 0 Å². The fourth-order valence-electron chi connectivity index (χ4n) is 1.03. The maximum atomic E-state index is 11.2. The number of hydrogen-bond donors (Lipinski definition) is 4. The molecule has 86 valence electrons. The second-order valence-corrected chi connectivity index (χ2v) is 2.89. The summed E-state index contributed by atoms with van der Waals surface area (Å²) in [5, 5.41) is 11.0. The zero-order chi connectivity index (χ0) is 10.4. The summed E-state index contributed by atoms with van der Waals surface area (Å²) in [6, 6.07) is -0.621. The number of aliphatic hydroxyl groups is 1. The van der Waals surface area contributed by atoms with Crippen molar-refractivity contribution in [2.24, 2.45) is 5.73 Å². The van der Waals surface area contributed by atoms with E-state index >= 15 is 0 Å². The number of aromatic amines is 1. The Kier molecular flexibility index (Phi) is 6.68. The van der Waals surface area contributed by atoms with Gasteiger partial charge in [0.05, 0.1) is 24.7 Å². The van der Waals surface area contributed by atoms with E-state index in [1.165, 1.54) is 6.33 Å². The van der Waals surface area contributed by atoms with Gasteiger partial charge in [0, 0.05) is 19.2 Å². The van der Waals surface area contributed by atoms with Crippen molar-refractivity contribution in [2.75, 3.05) is 13.2 Å². The third-order valence-electron chi connectivity index (χ3n) is 1.73. The molecule has 5 N–H and O–H groups in total. The number of aliphatic hydroxyl groups excluding tert-OH is 1. The summed E-state index contributed by atoms with van der Waals surface area (Å²) >= 11 is 0. The van der Waals surface area contributed by atoms with Crippen LogP contribution >= 0.6 is 12.4 Å². The largest absolute Gasteiger partial charge is 0.395 e. The fraction of sp³-hybridized carbons (Fsp3) is 0.500. The van der Waals surface area contributed by atoms with E-state index in [1.807, 2.05) is 0 Å². The lowest BCUT2D eigenvalue weighted by Gasteiger charge is -2.09. The highest BCUT2D eigenvalue weighted by molar-refractivity contribution is 5.85. The lowest BCUT2D eigenvalue weighted by Crippen LogP contribution is -2.43. The second kappa shape index (κ2) is 7.22. The maximum absolute atomic E-state index is 11.2. The third kappa shape index (κ3) is 4.78. The van der Waals surface area contributed by atoms with E-state index in [1.54, 1.807) is 6.20 Å². The molecule has 15 heavy (non-hydrogen) atoms. The van der Waals surface area contributed by atoms with E-state index in [2.05, 4.69) is 15.3 Å². The molecule has 1 aromatic rings. The quantitative estimate of drug-likeness (QED) is 0.514. The molecule has 0 bridgehead atoms. The number of nitrogens with two attached hydrogens (primary N) is 1. The van der Waals surface area contributed by atoms with Crippen molar-refractivity contribution in [3.05, 3.63) is 18.2 Å². The highest BCUT2D eigenvalue weighted by atomic mass is 35.5. The summed E-state index contributed by atoms with van der Waals surface area (Å²) in [5.41, 5.74) is 6.35. The number of halogens is 1. The first-order chi connectivity index (χ1) is 6.74. The van der Waals surface area contributed by atoms with Crippen molar-refractivity contribution in [3.63, 3.8) is 0 Å². The normalized spacial score (nSPS) is 11.6. The number of imidazole rings is 1. The van der Waals surface area contributed by atoms with E-state index < -0.39 is 6.04 Å². The first kappa shape index (κ1) is 13.9. The number of rotatable bonds is 5. The van der Waals surface area contributed by atoms with Gasteiger partial charge in [0.2, 0.25) is 5.91 Å². The first-order valence-electron chi connectivity index (χ1n) is 4.36. The number of H-pyrrole nitrogens is 1. The Labute approximate surface area is 93.7 Å². The lowest BCUT2D eigenvalue weighted by atomic mass is 10.1. The molecule has 0 aliphatic rings. The molecule has 0 aliphatic carbocycles. The average molecular weight is 235 g/mol. The number of carbonyl (C=O) groups excluding carboxylic acids is 1. The highest BCUT2D eigenvalue weighted by Crippen LogP contribution is 1.95. The standard InChI is InChI=1S/C8H14N4O2.ClH/c9-7(8(14)11-1-2-13)3-6-4-10-5-12-6;/h4-5,7,13H,1-3,9H2,(H,10,12)(H,11,14);1H/t7-;/m0./s1. The van der Waals surface area contributed by atoms with Gasteiger partial charge in [0.25, 0.3) is 0 Å². The molecule has 0 radical (unpaired) electrons. The van der Waals surface area contributed by atoms with Crippen LogP contribution in [0.5, 0.6) is 0 Å². The van der Waals surface area contributed by atoms with Gasteiger partial charge >= 0.3 is 0 Å². The molecule has 7 heteroatoms. The monoisotopic (exact) mass is 234 g/mol. The Bertz CT molecular complexity index is 278. The Morgan fingerprint density at radius 1 is 1.73 bits per heavy atom. The Balaban J connectivity index is 0.00000196. The van der Waals surface area contributed by atoms with E-state index in [0.717, 1.165) is 5.69 Å². The van der Waals surface area contributed by atoms with Gasteiger partial charge < -0.3 is 21.1 Å². The van der Waals surface area contributed by atoms with Crippen LogP contribution in [0.15, 0.2) is 12.5 Å². The van der Waals surface area contributed by atoms with Crippen LogP contribution in [0, 0.1) is 0 Å². The van der Waals surface area contributed by atoms with Gasteiger partial charge in [0.1, 0.15) is 0 Å². The van der Waals surface area contributed by atoms with Crippen molar-refractivity contribution in [1.82, 2.24) is 15.3 Å². The molecule has 1 heterocycles. The van der Waals surface area contributed by atoms with Crippen molar-refractivity contribution in [2.45, 2.75) is 12.5 Å². The van der Waals surface area contributed by atoms with Gasteiger partial charge in [0.15, 0.2) is 0 Å². The molecule has 1 amide bonds. The number of nitrogens with zero attached hydrogens (tertiary/aromatic N) is 1. The van der Waals surface area contributed by atoms with E-state index in [-0.39, 0.29) is 31.5 Å². The Morgan fingerprint density at radius 3 is 3.00 bits per heavy atom. The number of hydrogen-bond acceptors (Lipinski definition) is 4. The molecule has 1 atom stereocenters. The second-order valence-electron chi connectivity index (χ2n) is 2.89. The summed E-state index contributed by atoms with van der Waals surface area (Å²) in [7, 11) is 0. The number of aromatic nitrogens is 2. The van der Waals surface area contributed by atoms with Gasteiger partial charge in [-0.15, -0.1) is 12.4 Å². The van der Waals surface area contributed by atoms with Crippen LogP contribution in [-0.4, -0.2) is 40.2 Å². The summed E-state index contributed by atoms with van der Waals surface area (Å²) in [6.07, 6.45) is 3.62. The molecule has 6 nitrogen and oxygen atoms in total. The zero-order valence-electron chi connectivity index (χ0n) is 8.14. The molecule has 1 aromatic heterocycles. The molecular formula is C8H15ClN4O2. The lowest BCUT2D eigenvalue weighted by molar-refractivity contribution is -0.122. The van der Waals surface area contributed by atoms with Crippen molar-refractivity contribution < 1.29 is 9.90 Å². The Morgan fingerprint density at radius 2 is 2.47 bits per heavy atom. The van der Waals surface area contributed by atoms with Crippen molar-refractivity contribution in [3.8, 4) is 0 Å². The van der Waals surface area contributed by atoms with Crippen LogP contribution in [0.1, 0.15) is 5.69 Å². The molecule has 0 unspecified atom stereocenters. The van der Waals surface area contributed by atoms with E-state index in [0.29, 0.717) is 6.42 Å². The smallest absolute Gasteiger partial charge is 0.237 e.